The minimum Gasteiger partial charge on any atom is -0.317 e. The lowest BCUT2D eigenvalue weighted by Crippen LogP contribution is -2.41. The lowest BCUT2D eigenvalue weighted by atomic mass is 9.72. The third-order valence-corrected chi connectivity index (χ3v) is 3.54. The molecule has 1 N–H and O–H groups in total. The molecular weight excluding hydrogens is 202 g/mol. The molecule has 0 amide bonds. The van der Waals surface area contributed by atoms with Gasteiger partial charge >= 0.3 is 0 Å². The van der Waals surface area contributed by atoms with Gasteiger partial charge in [-0.05, 0) is 32.4 Å². The van der Waals surface area contributed by atoms with Gasteiger partial charge in [-0.3, -0.25) is 4.79 Å². The maximum Gasteiger partial charge on any atom is 0.172 e. The first kappa shape index (κ1) is 11.2. The number of carbonyl (C=O) groups excluding carboxylic acids is 1. The standard InChI is InChI=1S/C12H17N3O/c1-2-12(3-5-13-6-4-12)11(16)10-7-14-9-15-8-10/h7-9,13H,2-6H2,1H3. The van der Waals surface area contributed by atoms with Gasteiger partial charge in [0.1, 0.15) is 6.33 Å². The van der Waals surface area contributed by atoms with Crippen LogP contribution in [0.15, 0.2) is 18.7 Å². The van der Waals surface area contributed by atoms with Crippen molar-refractivity contribution in [3.05, 3.63) is 24.3 Å². The predicted molar refractivity (Wildman–Crippen MR) is 61.2 cm³/mol. The number of rotatable bonds is 3. The van der Waals surface area contributed by atoms with Gasteiger partial charge in [0.25, 0.3) is 0 Å². The number of Topliss-reactive ketones (excluding diaryl/α,β-unsaturated/α-hetero) is 1. The number of carbonyl (C=O) groups is 1. The van der Waals surface area contributed by atoms with Gasteiger partial charge in [-0.15, -0.1) is 0 Å². The molecule has 1 saturated heterocycles. The quantitative estimate of drug-likeness (QED) is 0.781. The monoisotopic (exact) mass is 219 g/mol. The second kappa shape index (κ2) is 4.70. The minimum atomic E-state index is -0.198. The van der Waals surface area contributed by atoms with E-state index in [0.29, 0.717) is 5.56 Å². The maximum absolute atomic E-state index is 12.4. The van der Waals surface area contributed by atoms with E-state index in [1.165, 1.54) is 6.33 Å². The molecule has 0 bridgehead atoms. The molecule has 1 aromatic rings. The van der Waals surface area contributed by atoms with E-state index in [0.717, 1.165) is 32.4 Å². The molecular formula is C12H17N3O. The normalized spacial score (nSPS) is 19.3. The molecule has 1 aliphatic rings. The van der Waals surface area contributed by atoms with Crippen LogP contribution in [0.3, 0.4) is 0 Å². The number of nitrogens with one attached hydrogen (secondary N) is 1. The summed E-state index contributed by atoms with van der Waals surface area (Å²) < 4.78 is 0. The molecule has 0 saturated carbocycles. The number of ketones is 1. The van der Waals surface area contributed by atoms with E-state index < -0.39 is 0 Å². The van der Waals surface area contributed by atoms with Gasteiger partial charge in [0, 0.05) is 17.8 Å². The van der Waals surface area contributed by atoms with Crippen molar-refractivity contribution in [2.45, 2.75) is 26.2 Å². The average molecular weight is 219 g/mol. The molecule has 4 heteroatoms. The van der Waals surface area contributed by atoms with Crippen LogP contribution in [0.4, 0.5) is 0 Å². The highest BCUT2D eigenvalue weighted by Crippen LogP contribution is 2.35. The first-order valence-electron chi connectivity index (χ1n) is 5.79. The van der Waals surface area contributed by atoms with Crippen molar-refractivity contribution < 1.29 is 4.79 Å². The Morgan fingerprint density at radius 2 is 2.00 bits per heavy atom. The highest BCUT2D eigenvalue weighted by molar-refractivity contribution is 6.00. The Bertz CT molecular complexity index is 358. The van der Waals surface area contributed by atoms with E-state index >= 15 is 0 Å². The zero-order valence-corrected chi connectivity index (χ0v) is 9.57. The summed E-state index contributed by atoms with van der Waals surface area (Å²) in [5.74, 6) is 0.206. The van der Waals surface area contributed by atoms with Crippen LogP contribution in [-0.4, -0.2) is 28.8 Å². The first-order valence-corrected chi connectivity index (χ1v) is 5.79. The van der Waals surface area contributed by atoms with Gasteiger partial charge in [-0.25, -0.2) is 9.97 Å². The molecule has 2 rings (SSSR count). The fourth-order valence-electron chi connectivity index (χ4n) is 2.37. The molecule has 2 heterocycles. The maximum atomic E-state index is 12.4. The Kier molecular flexibility index (Phi) is 3.29. The van der Waals surface area contributed by atoms with Crippen LogP contribution in [0.1, 0.15) is 36.5 Å². The van der Waals surface area contributed by atoms with E-state index in [-0.39, 0.29) is 11.2 Å². The van der Waals surface area contributed by atoms with Crippen molar-refractivity contribution in [2.75, 3.05) is 13.1 Å². The van der Waals surface area contributed by atoms with Gasteiger partial charge in [-0.2, -0.15) is 0 Å². The van der Waals surface area contributed by atoms with Crippen molar-refractivity contribution in [1.82, 2.24) is 15.3 Å². The summed E-state index contributed by atoms with van der Waals surface area (Å²) in [6.45, 7) is 3.94. The Balaban J connectivity index is 2.24. The van der Waals surface area contributed by atoms with Crippen LogP contribution < -0.4 is 5.32 Å². The number of aromatic nitrogens is 2. The minimum absolute atomic E-state index is 0.198. The van der Waals surface area contributed by atoms with Gasteiger partial charge in [0.2, 0.25) is 0 Å². The summed E-state index contributed by atoms with van der Waals surface area (Å²) in [5.41, 5.74) is 0.446. The molecule has 0 unspecified atom stereocenters. The predicted octanol–water partition coefficient (Wildman–Crippen LogP) is 1.44. The molecule has 0 aliphatic carbocycles. The Labute approximate surface area is 95.5 Å². The fraction of sp³-hybridized carbons (Fsp3) is 0.583. The highest BCUT2D eigenvalue weighted by atomic mass is 16.1. The van der Waals surface area contributed by atoms with E-state index in [1.807, 2.05) is 0 Å². The van der Waals surface area contributed by atoms with Crippen LogP contribution in [0.2, 0.25) is 0 Å². The van der Waals surface area contributed by atoms with Crippen molar-refractivity contribution >= 4 is 5.78 Å². The summed E-state index contributed by atoms with van der Waals surface area (Å²) in [7, 11) is 0. The second-order valence-electron chi connectivity index (χ2n) is 4.34. The van der Waals surface area contributed by atoms with Gasteiger partial charge in [0.05, 0.1) is 5.56 Å². The fourth-order valence-corrected chi connectivity index (χ4v) is 2.37. The SMILES string of the molecule is CCC1(C(=O)c2cncnc2)CCNCC1. The number of piperidine rings is 1. The molecule has 1 fully saturated rings. The number of hydrogen-bond acceptors (Lipinski definition) is 4. The van der Waals surface area contributed by atoms with Gasteiger partial charge in [0.15, 0.2) is 5.78 Å². The third-order valence-electron chi connectivity index (χ3n) is 3.54. The van der Waals surface area contributed by atoms with Crippen LogP contribution >= 0.6 is 0 Å². The summed E-state index contributed by atoms with van der Waals surface area (Å²) in [6, 6.07) is 0. The lowest BCUT2D eigenvalue weighted by Gasteiger charge is -2.35. The topological polar surface area (TPSA) is 54.9 Å². The second-order valence-corrected chi connectivity index (χ2v) is 4.34. The Hall–Kier alpha value is -1.29. The molecule has 1 aromatic heterocycles. The smallest absolute Gasteiger partial charge is 0.172 e. The summed E-state index contributed by atoms with van der Waals surface area (Å²) in [5, 5.41) is 3.30. The van der Waals surface area contributed by atoms with E-state index in [2.05, 4.69) is 22.2 Å². The number of hydrogen-bond donors (Lipinski definition) is 1. The third kappa shape index (κ3) is 1.97. The van der Waals surface area contributed by atoms with Crippen molar-refractivity contribution in [2.24, 2.45) is 5.41 Å². The zero-order chi connectivity index (χ0) is 11.4. The van der Waals surface area contributed by atoms with Crippen molar-refractivity contribution in [3.63, 3.8) is 0 Å². The van der Waals surface area contributed by atoms with E-state index in [1.54, 1.807) is 12.4 Å². The molecule has 86 valence electrons. The zero-order valence-electron chi connectivity index (χ0n) is 9.57. The molecule has 16 heavy (non-hydrogen) atoms. The molecule has 0 radical (unpaired) electrons. The summed E-state index contributed by atoms with van der Waals surface area (Å²) in [6.07, 6.45) is 7.41. The molecule has 0 atom stereocenters. The number of nitrogens with zero attached hydrogens (tertiary/aromatic N) is 2. The van der Waals surface area contributed by atoms with Crippen molar-refractivity contribution in [3.8, 4) is 0 Å². The van der Waals surface area contributed by atoms with Crippen LogP contribution in [0.5, 0.6) is 0 Å². The molecule has 0 aromatic carbocycles. The summed E-state index contributed by atoms with van der Waals surface area (Å²) in [4.78, 5) is 20.3. The lowest BCUT2D eigenvalue weighted by molar-refractivity contribution is 0.0717. The van der Waals surface area contributed by atoms with Crippen molar-refractivity contribution in [1.29, 1.82) is 0 Å². The average Bonchev–Trinajstić information content (AvgIpc) is 2.39. The highest BCUT2D eigenvalue weighted by Gasteiger charge is 2.38. The molecule has 1 aliphatic heterocycles. The largest absolute Gasteiger partial charge is 0.317 e. The molecule has 0 spiro atoms. The van der Waals surface area contributed by atoms with E-state index in [9.17, 15) is 4.79 Å². The van der Waals surface area contributed by atoms with E-state index in [4.69, 9.17) is 0 Å². The van der Waals surface area contributed by atoms with Crippen LogP contribution in [0, 0.1) is 5.41 Å². The Morgan fingerprint density at radius 3 is 2.56 bits per heavy atom. The van der Waals surface area contributed by atoms with Gasteiger partial charge in [-0.1, -0.05) is 6.92 Å². The Morgan fingerprint density at radius 1 is 1.38 bits per heavy atom. The van der Waals surface area contributed by atoms with Crippen LogP contribution in [-0.2, 0) is 0 Å². The van der Waals surface area contributed by atoms with Crippen LogP contribution in [0.25, 0.3) is 0 Å². The first-order chi connectivity index (χ1) is 7.78. The summed E-state index contributed by atoms with van der Waals surface area (Å²) >= 11 is 0. The van der Waals surface area contributed by atoms with Gasteiger partial charge < -0.3 is 5.32 Å². The molecule has 4 nitrogen and oxygen atoms in total.